The molecule has 0 aromatic carbocycles. The van der Waals surface area contributed by atoms with Crippen LogP contribution in [0.1, 0.15) is 23.9 Å². The molecule has 4 nitrogen and oxygen atoms in total. The van der Waals surface area contributed by atoms with Crippen molar-refractivity contribution >= 4 is 0 Å². The monoisotopic (exact) mass is 244 g/mol. The minimum absolute atomic E-state index is 0.870. The lowest BCUT2D eigenvalue weighted by Crippen LogP contribution is -2.18. The third kappa shape index (κ3) is 3.40. The van der Waals surface area contributed by atoms with Gasteiger partial charge >= 0.3 is 0 Å². The fraction of sp³-hybridized carbons (Fsp3) is 0.429. The van der Waals surface area contributed by atoms with Gasteiger partial charge in [0.2, 0.25) is 0 Å². The Morgan fingerprint density at radius 1 is 1.28 bits per heavy atom. The van der Waals surface area contributed by atoms with Crippen LogP contribution in [0.2, 0.25) is 0 Å². The van der Waals surface area contributed by atoms with E-state index in [9.17, 15) is 0 Å². The molecule has 0 radical (unpaired) electrons. The van der Waals surface area contributed by atoms with Crippen molar-refractivity contribution < 1.29 is 0 Å². The average Bonchev–Trinajstić information content (AvgIpc) is 2.77. The molecule has 1 N–H and O–H groups in total. The summed E-state index contributed by atoms with van der Waals surface area (Å²) in [5.41, 5.74) is 3.71. The largest absolute Gasteiger partial charge is 0.311 e. The van der Waals surface area contributed by atoms with Crippen LogP contribution in [0.4, 0.5) is 0 Å². The summed E-state index contributed by atoms with van der Waals surface area (Å²) in [4.78, 5) is 4.01. The van der Waals surface area contributed by atoms with Gasteiger partial charge in [-0.25, -0.2) is 0 Å². The summed E-state index contributed by atoms with van der Waals surface area (Å²) < 4.78 is 1.96. The van der Waals surface area contributed by atoms with Crippen molar-refractivity contribution in [3.8, 4) is 0 Å². The highest BCUT2D eigenvalue weighted by Gasteiger charge is 2.02. The molecule has 0 aliphatic rings. The molecule has 0 spiro atoms. The van der Waals surface area contributed by atoms with E-state index in [2.05, 4.69) is 40.5 Å². The Balaban J connectivity index is 1.76. The van der Waals surface area contributed by atoms with Gasteiger partial charge in [-0.3, -0.25) is 9.67 Å². The van der Waals surface area contributed by atoms with Crippen LogP contribution in [0, 0.1) is 0 Å². The first-order chi connectivity index (χ1) is 8.79. The van der Waals surface area contributed by atoms with Gasteiger partial charge < -0.3 is 5.32 Å². The van der Waals surface area contributed by atoms with Gasteiger partial charge in [-0.05, 0) is 43.1 Å². The molecule has 2 aromatic rings. The predicted molar refractivity (Wildman–Crippen MR) is 72.2 cm³/mol. The van der Waals surface area contributed by atoms with Crippen molar-refractivity contribution in [3.63, 3.8) is 0 Å². The maximum absolute atomic E-state index is 4.43. The van der Waals surface area contributed by atoms with Crippen molar-refractivity contribution in [3.05, 3.63) is 47.5 Å². The summed E-state index contributed by atoms with van der Waals surface area (Å²) in [5.74, 6) is 0. The quantitative estimate of drug-likeness (QED) is 0.787. The van der Waals surface area contributed by atoms with Crippen LogP contribution in [-0.4, -0.2) is 21.3 Å². The minimum Gasteiger partial charge on any atom is -0.311 e. The lowest BCUT2D eigenvalue weighted by atomic mass is 10.2. The Kier molecular flexibility index (Phi) is 4.47. The van der Waals surface area contributed by atoms with E-state index in [1.165, 1.54) is 11.3 Å². The molecule has 0 saturated carbocycles. The summed E-state index contributed by atoms with van der Waals surface area (Å²) in [5, 5.41) is 7.88. The summed E-state index contributed by atoms with van der Waals surface area (Å²) >= 11 is 0. The van der Waals surface area contributed by atoms with E-state index < -0.39 is 0 Å². The maximum Gasteiger partial charge on any atom is 0.0625 e. The number of nitrogens with zero attached hydrogens (tertiary/aromatic N) is 3. The zero-order chi connectivity index (χ0) is 12.8. The molecule has 0 saturated heterocycles. The van der Waals surface area contributed by atoms with Gasteiger partial charge in [0, 0.05) is 26.0 Å². The number of aryl methyl sites for hydroxylation is 2. The lowest BCUT2D eigenvalue weighted by Gasteiger charge is -2.05. The molecule has 0 atom stereocenters. The Labute approximate surface area is 108 Å². The third-order valence-electron chi connectivity index (χ3n) is 3.04. The molecular formula is C14H20N4. The molecule has 18 heavy (non-hydrogen) atoms. The summed E-state index contributed by atoms with van der Waals surface area (Å²) in [7, 11) is 2.00. The van der Waals surface area contributed by atoms with Gasteiger partial charge in [0.15, 0.2) is 0 Å². The first kappa shape index (κ1) is 12.8. The lowest BCUT2D eigenvalue weighted by molar-refractivity contribution is 0.623. The van der Waals surface area contributed by atoms with E-state index in [-0.39, 0.29) is 0 Å². The molecular weight excluding hydrogens is 224 g/mol. The molecule has 2 aromatic heterocycles. The van der Waals surface area contributed by atoms with Crippen molar-refractivity contribution in [2.24, 2.45) is 7.05 Å². The first-order valence-corrected chi connectivity index (χ1v) is 6.41. The smallest absolute Gasteiger partial charge is 0.0625 e. The number of aromatic nitrogens is 3. The van der Waals surface area contributed by atoms with Crippen molar-refractivity contribution in [1.82, 2.24) is 20.1 Å². The van der Waals surface area contributed by atoms with E-state index in [1.54, 1.807) is 0 Å². The fourth-order valence-electron chi connectivity index (χ4n) is 1.91. The highest BCUT2D eigenvalue weighted by molar-refractivity contribution is 5.11. The Bertz CT molecular complexity index is 476. The standard InChI is InChI=1S/C14H20N4/c1-3-13-10-14(18(2)17-13)11-16-9-6-12-4-7-15-8-5-12/h4-5,7-8,10,16H,3,6,9,11H2,1-2H3. The summed E-state index contributed by atoms with van der Waals surface area (Å²) in [6.07, 6.45) is 5.69. The zero-order valence-corrected chi connectivity index (χ0v) is 11.1. The van der Waals surface area contributed by atoms with E-state index in [0.29, 0.717) is 0 Å². The first-order valence-electron chi connectivity index (χ1n) is 6.41. The number of rotatable bonds is 6. The number of hydrogen-bond donors (Lipinski definition) is 1. The van der Waals surface area contributed by atoms with Gasteiger partial charge in [-0.1, -0.05) is 6.92 Å². The molecule has 96 valence electrons. The van der Waals surface area contributed by atoms with Gasteiger partial charge in [0.05, 0.1) is 11.4 Å². The van der Waals surface area contributed by atoms with Crippen LogP contribution in [0.3, 0.4) is 0 Å². The molecule has 0 aliphatic carbocycles. The summed E-state index contributed by atoms with van der Waals surface area (Å²) in [6.45, 7) is 3.97. The van der Waals surface area contributed by atoms with Gasteiger partial charge in [0.25, 0.3) is 0 Å². The average molecular weight is 244 g/mol. The van der Waals surface area contributed by atoms with Crippen LogP contribution < -0.4 is 5.32 Å². The SMILES string of the molecule is CCc1cc(CNCCc2ccncc2)n(C)n1. The number of pyridine rings is 1. The highest BCUT2D eigenvalue weighted by atomic mass is 15.3. The topological polar surface area (TPSA) is 42.7 Å². The second kappa shape index (κ2) is 6.31. The van der Waals surface area contributed by atoms with Crippen LogP contribution in [0.25, 0.3) is 0 Å². The second-order valence-electron chi connectivity index (χ2n) is 4.39. The maximum atomic E-state index is 4.43. The Morgan fingerprint density at radius 2 is 2.06 bits per heavy atom. The van der Waals surface area contributed by atoms with Gasteiger partial charge in [0.1, 0.15) is 0 Å². The molecule has 4 heteroatoms. The molecule has 0 bridgehead atoms. The minimum atomic E-state index is 0.870. The van der Waals surface area contributed by atoms with Crippen LogP contribution >= 0.6 is 0 Å². The Morgan fingerprint density at radius 3 is 2.72 bits per heavy atom. The molecule has 2 rings (SSSR count). The molecule has 2 heterocycles. The van der Waals surface area contributed by atoms with Gasteiger partial charge in [-0.2, -0.15) is 5.10 Å². The highest BCUT2D eigenvalue weighted by Crippen LogP contribution is 2.03. The molecule has 0 fully saturated rings. The van der Waals surface area contributed by atoms with Crippen LogP contribution in [-0.2, 0) is 26.4 Å². The second-order valence-corrected chi connectivity index (χ2v) is 4.39. The number of hydrogen-bond acceptors (Lipinski definition) is 3. The molecule has 0 amide bonds. The van der Waals surface area contributed by atoms with E-state index >= 15 is 0 Å². The zero-order valence-electron chi connectivity index (χ0n) is 11.1. The van der Waals surface area contributed by atoms with Crippen LogP contribution in [0.5, 0.6) is 0 Å². The fourth-order valence-corrected chi connectivity index (χ4v) is 1.91. The van der Waals surface area contributed by atoms with E-state index in [0.717, 1.165) is 31.6 Å². The van der Waals surface area contributed by atoms with Crippen molar-refractivity contribution in [2.45, 2.75) is 26.3 Å². The normalized spacial score (nSPS) is 10.8. The predicted octanol–water partition coefficient (Wildman–Crippen LogP) is 1.71. The Hall–Kier alpha value is -1.68. The van der Waals surface area contributed by atoms with E-state index in [4.69, 9.17) is 0 Å². The third-order valence-corrected chi connectivity index (χ3v) is 3.04. The van der Waals surface area contributed by atoms with Crippen molar-refractivity contribution in [1.29, 1.82) is 0 Å². The van der Waals surface area contributed by atoms with Gasteiger partial charge in [-0.15, -0.1) is 0 Å². The number of nitrogens with one attached hydrogen (secondary N) is 1. The molecule has 0 unspecified atom stereocenters. The van der Waals surface area contributed by atoms with Crippen molar-refractivity contribution in [2.75, 3.05) is 6.54 Å². The molecule has 0 aliphatic heterocycles. The van der Waals surface area contributed by atoms with E-state index in [1.807, 2.05) is 24.1 Å². The summed E-state index contributed by atoms with van der Waals surface area (Å²) in [6, 6.07) is 6.28. The van der Waals surface area contributed by atoms with Crippen LogP contribution in [0.15, 0.2) is 30.6 Å².